The lowest BCUT2D eigenvalue weighted by atomic mass is 9.86. The van der Waals surface area contributed by atoms with Crippen LogP contribution in [0.25, 0.3) is 0 Å². The molecule has 21 heavy (non-hydrogen) atoms. The highest BCUT2D eigenvalue weighted by atomic mass is 16.5. The minimum Gasteiger partial charge on any atom is -0.465 e. The Morgan fingerprint density at radius 1 is 1.29 bits per heavy atom. The number of piperidine rings is 1. The van der Waals surface area contributed by atoms with Crippen molar-refractivity contribution in [2.24, 2.45) is 11.8 Å². The third-order valence-electron chi connectivity index (χ3n) is 4.45. The fraction of sp³-hybridized carbons (Fsp3) is 0.941. The number of esters is 1. The van der Waals surface area contributed by atoms with E-state index >= 15 is 0 Å². The van der Waals surface area contributed by atoms with Crippen molar-refractivity contribution >= 4 is 5.97 Å². The molecule has 0 saturated carbocycles. The highest BCUT2D eigenvalue weighted by Gasteiger charge is 2.38. The van der Waals surface area contributed by atoms with Crippen LogP contribution in [0, 0.1) is 11.8 Å². The Labute approximate surface area is 130 Å². The van der Waals surface area contributed by atoms with Crippen molar-refractivity contribution in [2.45, 2.75) is 66.0 Å². The highest BCUT2D eigenvalue weighted by Crippen LogP contribution is 2.25. The molecule has 0 radical (unpaired) electrons. The molecular formula is C17H34N2O2. The summed E-state index contributed by atoms with van der Waals surface area (Å²) in [6.07, 6.45) is 2.47. The van der Waals surface area contributed by atoms with E-state index in [4.69, 9.17) is 4.74 Å². The lowest BCUT2D eigenvalue weighted by Crippen LogP contribution is -2.60. The van der Waals surface area contributed by atoms with E-state index in [-0.39, 0.29) is 12.0 Å². The summed E-state index contributed by atoms with van der Waals surface area (Å²) in [5.74, 6) is 1.45. The molecule has 0 bridgehead atoms. The molecule has 1 saturated heterocycles. The van der Waals surface area contributed by atoms with Gasteiger partial charge >= 0.3 is 5.97 Å². The van der Waals surface area contributed by atoms with Crippen LogP contribution in [-0.4, -0.2) is 48.7 Å². The average Bonchev–Trinajstić information content (AvgIpc) is 2.38. The van der Waals surface area contributed by atoms with Gasteiger partial charge in [0.2, 0.25) is 0 Å². The number of ether oxygens (including phenoxy) is 1. The molecule has 0 amide bonds. The minimum absolute atomic E-state index is 0.135. The maximum absolute atomic E-state index is 12.3. The zero-order valence-corrected chi connectivity index (χ0v) is 14.7. The second-order valence-corrected chi connectivity index (χ2v) is 7.21. The molecule has 0 aromatic heterocycles. The Bertz CT molecular complexity index is 323. The second kappa shape index (κ2) is 8.14. The lowest BCUT2D eigenvalue weighted by Gasteiger charge is -2.39. The first-order valence-electron chi connectivity index (χ1n) is 8.45. The third-order valence-corrected chi connectivity index (χ3v) is 4.45. The molecule has 4 nitrogen and oxygen atoms in total. The first-order valence-corrected chi connectivity index (χ1v) is 8.45. The number of nitrogens with zero attached hydrogens (tertiary/aromatic N) is 1. The summed E-state index contributed by atoms with van der Waals surface area (Å²) in [6.45, 7) is 15.9. The summed E-state index contributed by atoms with van der Waals surface area (Å²) in [4.78, 5) is 14.7. The van der Waals surface area contributed by atoms with Gasteiger partial charge in [-0.15, -0.1) is 0 Å². The smallest absolute Gasteiger partial charge is 0.327 e. The number of rotatable bonds is 7. The standard InChI is InChI=1S/C17H34N2O2/c1-7-21-16(20)17(6,18-14(4)5)12-19-10-8-15(9-11-19)13(2)3/h13-15,18H,7-12H2,1-6H3. The van der Waals surface area contributed by atoms with E-state index in [0.29, 0.717) is 6.61 Å². The molecule has 1 fully saturated rings. The monoisotopic (exact) mass is 298 g/mol. The number of nitrogens with one attached hydrogen (secondary N) is 1. The number of hydrogen-bond acceptors (Lipinski definition) is 4. The molecule has 0 spiro atoms. The molecule has 1 aliphatic rings. The fourth-order valence-electron chi connectivity index (χ4n) is 3.32. The third kappa shape index (κ3) is 5.59. The Morgan fingerprint density at radius 2 is 1.86 bits per heavy atom. The summed E-state index contributed by atoms with van der Waals surface area (Å²) in [5.41, 5.74) is -0.616. The van der Waals surface area contributed by atoms with Crippen LogP contribution in [0.2, 0.25) is 0 Å². The molecule has 1 heterocycles. The molecule has 124 valence electrons. The maximum Gasteiger partial charge on any atom is 0.327 e. The van der Waals surface area contributed by atoms with Gasteiger partial charge in [-0.25, -0.2) is 0 Å². The predicted octanol–water partition coefficient (Wildman–Crippen LogP) is 2.67. The molecule has 4 heteroatoms. The normalized spacial score (nSPS) is 20.8. The van der Waals surface area contributed by atoms with Crippen LogP contribution in [0.3, 0.4) is 0 Å². The van der Waals surface area contributed by atoms with Gasteiger partial charge in [-0.05, 0) is 65.5 Å². The van der Waals surface area contributed by atoms with E-state index < -0.39 is 5.54 Å². The molecule has 1 N–H and O–H groups in total. The second-order valence-electron chi connectivity index (χ2n) is 7.21. The van der Waals surface area contributed by atoms with Crippen LogP contribution in [0.1, 0.15) is 54.4 Å². The molecule has 0 aromatic carbocycles. The fourth-order valence-corrected chi connectivity index (χ4v) is 3.32. The van der Waals surface area contributed by atoms with Crippen molar-refractivity contribution in [2.75, 3.05) is 26.2 Å². The van der Waals surface area contributed by atoms with Gasteiger partial charge in [-0.3, -0.25) is 10.1 Å². The van der Waals surface area contributed by atoms with Crippen LogP contribution in [0.5, 0.6) is 0 Å². The van der Waals surface area contributed by atoms with E-state index in [2.05, 4.69) is 37.9 Å². The Kier molecular flexibility index (Phi) is 7.14. The van der Waals surface area contributed by atoms with Crippen LogP contribution in [0.4, 0.5) is 0 Å². The van der Waals surface area contributed by atoms with Gasteiger partial charge in [-0.1, -0.05) is 13.8 Å². The van der Waals surface area contributed by atoms with Crippen molar-refractivity contribution in [3.8, 4) is 0 Å². The summed E-state index contributed by atoms with van der Waals surface area (Å²) >= 11 is 0. The number of likely N-dealkylation sites (tertiary alicyclic amines) is 1. The van der Waals surface area contributed by atoms with Gasteiger partial charge in [0.15, 0.2) is 0 Å². The largest absolute Gasteiger partial charge is 0.465 e. The van der Waals surface area contributed by atoms with Gasteiger partial charge in [0.25, 0.3) is 0 Å². The van der Waals surface area contributed by atoms with Gasteiger partial charge in [-0.2, -0.15) is 0 Å². The highest BCUT2D eigenvalue weighted by molar-refractivity contribution is 5.80. The quantitative estimate of drug-likeness (QED) is 0.734. The predicted molar refractivity (Wildman–Crippen MR) is 87.3 cm³/mol. The van der Waals surface area contributed by atoms with Crippen molar-refractivity contribution in [3.05, 3.63) is 0 Å². The molecule has 0 aromatic rings. The molecule has 0 aliphatic carbocycles. The van der Waals surface area contributed by atoms with Crippen LogP contribution >= 0.6 is 0 Å². The number of carbonyl (C=O) groups is 1. The van der Waals surface area contributed by atoms with Gasteiger partial charge in [0, 0.05) is 12.6 Å². The molecular weight excluding hydrogens is 264 g/mol. The van der Waals surface area contributed by atoms with E-state index in [9.17, 15) is 4.79 Å². The zero-order chi connectivity index (χ0) is 16.0. The van der Waals surface area contributed by atoms with Crippen molar-refractivity contribution < 1.29 is 9.53 Å². The van der Waals surface area contributed by atoms with Gasteiger partial charge in [0.1, 0.15) is 5.54 Å². The van der Waals surface area contributed by atoms with Gasteiger partial charge < -0.3 is 9.64 Å². The van der Waals surface area contributed by atoms with E-state index in [1.165, 1.54) is 12.8 Å². The lowest BCUT2D eigenvalue weighted by molar-refractivity contribution is -0.152. The Hall–Kier alpha value is -0.610. The molecule has 1 rings (SSSR count). The average molecular weight is 298 g/mol. The molecule has 1 unspecified atom stereocenters. The van der Waals surface area contributed by atoms with E-state index in [0.717, 1.165) is 31.5 Å². The first kappa shape index (κ1) is 18.4. The van der Waals surface area contributed by atoms with E-state index in [1.807, 2.05) is 13.8 Å². The number of carbonyl (C=O) groups excluding carboxylic acids is 1. The Balaban J connectivity index is 2.63. The van der Waals surface area contributed by atoms with Crippen LogP contribution in [0.15, 0.2) is 0 Å². The van der Waals surface area contributed by atoms with Crippen LogP contribution < -0.4 is 5.32 Å². The van der Waals surface area contributed by atoms with Crippen molar-refractivity contribution in [1.29, 1.82) is 0 Å². The zero-order valence-electron chi connectivity index (χ0n) is 14.7. The van der Waals surface area contributed by atoms with Crippen LogP contribution in [-0.2, 0) is 9.53 Å². The first-order chi connectivity index (χ1) is 9.78. The van der Waals surface area contributed by atoms with Gasteiger partial charge in [0.05, 0.1) is 6.61 Å². The minimum atomic E-state index is -0.616. The van der Waals surface area contributed by atoms with E-state index in [1.54, 1.807) is 0 Å². The van der Waals surface area contributed by atoms with Crippen molar-refractivity contribution in [3.63, 3.8) is 0 Å². The summed E-state index contributed by atoms with van der Waals surface area (Å²) in [6, 6.07) is 0.257. The maximum atomic E-state index is 12.3. The Morgan fingerprint density at radius 3 is 2.29 bits per heavy atom. The van der Waals surface area contributed by atoms with Crippen molar-refractivity contribution in [1.82, 2.24) is 10.2 Å². The summed E-state index contributed by atoms with van der Waals surface area (Å²) in [5, 5.41) is 3.41. The SMILES string of the molecule is CCOC(=O)C(C)(CN1CCC(C(C)C)CC1)NC(C)C. The molecule has 1 atom stereocenters. The topological polar surface area (TPSA) is 41.6 Å². The summed E-state index contributed by atoms with van der Waals surface area (Å²) in [7, 11) is 0. The molecule has 1 aliphatic heterocycles. The summed E-state index contributed by atoms with van der Waals surface area (Å²) < 4.78 is 5.28. The number of hydrogen-bond donors (Lipinski definition) is 1.